The summed E-state index contributed by atoms with van der Waals surface area (Å²) >= 11 is 0. The zero-order valence-electron chi connectivity index (χ0n) is 10.9. The monoisotopic (exact) mass is 249 g/mol. The van der Waals surface area contributed by atoms with E-state index in [9.17, 15) is 4.79 Å². The van der Waals surface area contributed by atoms with Gasteiger partial charge in [-0.3, -0.25) is 4.79 Å². The summed E-state index contributed by atoms with van der Waals surface area (Å²) in [6, 6.07) is 7.22. The van der Waals surface area contributed by atoms with E-state index < -0.39 is 0 Å². The molecule has 1 aromatic rings. The Hall–Kier alpha value is -1.55. The van der Waals surface area contributed by atoms with Gasteiger partial charge in [-0.15, -0.1) is 0 Å². The lowest BCUT2D eigenvalue weighted by Crippen LogP contribution is -2.34. The van der Waals surface area contributed by atoms with E-state index in [-0.39, 0.29) is 12.0 Å². The van der Waals surface area contributed by atoms with E-state index in [1.807, 2.05) is 19.2 Å². The molecule has 1 fully saturated rings. The number of hydrogen-bond donors (Lipinski definition) is 0. The third-order valence-corrected chi connectivity index (χ3v) is 3.16. The van der Waals surface area contributed by atoms with Crippen molar-refractivity contribution in [1.82, 2.24) is 4.90 Å². The van der Waals surface area contributed by atoms with Crippen LogP contribution in [0.2, 0.25) is 0 Å². The van der Waals surface area contributed by atoms with E-state index >= 15 is 0 Å². The number of nitrogens with zero attached hydrogens (tertiary/aromatic N) is 1. The molecular weight excluding hydrogens is 230 g/mol. The number of likely N-dealkylation sites (N-methyl/N-ethyl adjacent to an activating group) is 1. The predicted molar refractivity (Wildman–Crippen MR) is 68.9 cm³/mol. The molecule has 1 aromatic carbocycles. The molecule has 98 valence electrons. The van der Waals surface area contributed by atoms with Crippen molar-refractivity contribution in [2.75, 3.05) is 27.3 Å². The average molecular weight is 249 g/mol. The minimum Gasteiger partial charge on any atom is -0.497 e. The lowest BCUT2D eigenvalue weighted by atomic mass is 10.1. The van der Waals surface area contributed by atoms with Crippen LogP contribution in [-0.4, -0.2) is 44.2 Å². The second-order valence-corrected chi connectivity index (χ2v) is 4.55. The van der Waals surface area contributed by atoms with Crippen molar-refractivity contribution in [2.24, 2.45) is 0 Å². The Balaban J connectivity index is 2.00. The highest BCUT2D eigenvalue weighted by Crippen LogP contribution is 2.16. The molecule has 0 saturated carbocycles. The molecule has 4 heteroatoms. The van der Waals surface area contributed by atoms with Crippen LogP contribution in [0.3, 0.4) is 0 Å². The number of carbonyl (C=O) groups is 1. The van der Waals surface area contributed by atoms with E-state index in [0.717, 1.165) is 19.4 Å². The molecule has 1 amide bonds. The van der Waals surface area contributed by atoms with Gasteiger partial charge < -0.3 is 14.4 Å². The SMILES string of the molecule is COc1cccc(C(=O)N(C)CC2CCCO2)c1. The molecule has 1 heterocycles. The minimum absolute atomic E-state index is 0.00407. The van der Waals surface area contributed by atoms with Crippen LogP contribution in [0.1, 0.15) is 23.2 Å². The molecule has 1 atom stereocenters. The molecule has 0 bridgehead atoms. The maximum Gasteiger partial charge on any atom is 0.253 e. The van der Waals surface area contributed by atoms with E-state index in [4.69, 9.17) is 9.47 Å². The summed E-state index contributed by atoms with van der Waals surface area (Å²) in [6.45, 7) is 1.46. The molecule has 1 unspecified atom stereocenters. The third-order valence-electron chi connectivity index (χ3n) is 3.16. The van der Waals surface area contributed by atoms with Gasteiger partial charge in [-0.2, -0.15) is 0 Å². The van der Waals surface area contributed by atoms with E-state index in [1.165, 1.54) is 0 Å². The molecule has 2 rings (SSSR count). The number of amides is 1. The van der Waals surface area contributed by atoms with Gasteiger partial charge in [0, 0.05) is 25.8 Å². The normalized spacial score (nSPS) is 18.7. The van der Waals surface area contributed by atoms with Gasteiger partial charge in [-0.25, -0.2) is 0 Å². The lowest BCUT2D eigenvalue weighted by molar-refractivity contribution is 0.0587. The zero-order valence-corrected chi connectivity index (χ0v) is 10.9. The van der Waals surface area contributed by atoms with Gasteiger partial charge in [0.2, 0.25) is 0 Å². The van der Waals surface area contributed by atoms with Gasteiger partial charge in [-0.1, -0.05) is 6.07 Å². The van der Waals surface area contributed by atoms with Crippen molar-refractivity contribution in [3.8, 4) is 5.75 Å². The fraction of sp³-hybridized carbons (Fsp3) is 0.500. The molecule has 0 aliphatic carbocycles. The van der Waals surface area contributed by atoms with Crippen LogP contribution in [0.25, 0.3) is 0 Å². The van der Waals surface area contributed by atoms with Crippen molar-refractivity contribution < 1.29 is 14.3 Å². The van der Waals surface area contributed by atoms with Crippen LogP contribution in [0, 0.1) is 0 Å². The van der Waals surface area contributed by atoms with Crippen molar-refractivity contribution in [3.63, 3.8) is 0 Å². The second-order valence-electron chi connectivity index (χ2n) is 4.55. The number of benzene rings is 1. The molecule has 0 radical (unpaired) electrons. The summed E-state index contributed by atoms with van der Waals surface area (Å²) < 4.78 is 10.7. The number of methoxy groups -OCH3 is 1. The first-order chi connectivity index (χ1) is 8.70. The highest BCUT2D eigenvalue weighted by atomic mass is 16.5. The number of ether oxygens (including phenoxy) is 2. The topological polar surface area (TPSA) is 38.8 Å². The molecular formula is C14H19NO3. The van der Waals surface area contributed by atoms with Gasteiger partial charge in [-0.05, 0) is 31.0 Å². The summed E-state index contributed by atoms with van der Waals surface area (Å²) in [7, 11) is 3.41. The summed E-state index contributed by atoms with van der Waals surface area (Å²) in [5, 5.41) is 0. The number of rotatable bonds is 4. The fourth-order valence-corrected chi connectivity index (χ4v) is 2.15. The van der Waals surface area contributed by atoms with Crippen molar-refractivity contribution in [1.29, 1.82) is 0 Å². The molecule has 1 aliphatic heterocycles. The van der Waals surface area contributed by atoms with Crippen molar-refractivity contribution in [2.45, 2.75) is 18.9 Å². The Labute approximate surface area is 107 Å². The Morgan fingerprint density at radius 1 is 1.56 bits per heavy atom. The summed E-state index contributed by atoms with van der Waals surface area (Å²) in [4.78, 5) is 13.9. The van der Waals surface area contributed by atoms with Gasteiger partial charge >= 0.3 is 0 Å². The van der Waals surface area contributed by atoms with Gasteiger partial charge in [0.05, 0.1) is 13.2 Å². The summed E-state index contributed by atoms with van der Waals surface area (Å²) in [6.07, 6.45) is 2.31. The summed E-state index contributed by atoms with van der Waals surface area (Å²) in [5.74, 6) is 0.704. The first-order valence-corrected chi connectivity index (χ1v) is 6.22. The Morgan fingerprint density at radius 3 is 3.06 bits per heavy atom. The Kier molecular flexibility index (Phi) is 4.20. The van der Waals surface area contributed by atoms with E-state index in [1.54, 1.807) is 24.1 Å². The van der Waals surface area contributed by atoms with Crippen LogP contribution < -0.4 is 4.74 Å². The molecule has 0 spiro atoms. The van der Waals surface area contributed by atoms with Crippen molar-refractivity contribution in [3.05, 3.63) is 29.8 Å². The molecule has 4 nitrogen and oxygen atoms in total. The zero-order chi connectivity index (χ0) is 13.0. The average Bonchev–Trinajstić information content (AvgIpc) is 2.90. The maximum absolute atomic E-state index is 12.2. The number of hydrogen-bond acceptors (Lipinski definition) is 3. The van der Waals surface area contributed by atoms with Crippen LogP contribution in [0.5, 0.6) is 5.75 Å². The standard InChI is InChI=1S/C14H19NO3/c1-15(10-13-7-4-8-18-13)14(16)11-5-3-6-12(9-11)17-2/h3,5-6,9,13H,4,7-8,10H2,1-2H3. The highest BCUT2D eigenvalue weighted by molar-refractivity contribution is 5.94. The largest absolute Gasteiger partial charge is 0.497 e. The molecule has 0 aromatic heterocycles. The lowest BCUT2D eigenvalue weighted by Gasteiger charge is -2.21. The van der Waals surface area contributed by atoms with Crippen LogP contribution >= 0.6 is 0 Å². The number of carbonyl (C=O) groups excluding carboxylic acids is 1. The van der Waals surface area contributed by atoms with Gasteiger partial charge in [0.1, 0.15) is 5.75 Å². The summed E-state index contributed by atoms with van der Waals surface area (Å²) in [5.41, 5.74) is 0.648. The van der Waals surface area contributed by atoms with Crippen LogP contribution in [0.15, 0.2) is 24.3 Å². The maximum atomic E-state index is 12.2. The first kappa shape index (κ1) is 12.9. The molecule has 1 aliphatic rings. The van der Waals surface area contributed by atoms with Gasteiger partial charge in [0.25, 0.3) is 5.91 Å². The highest BCUT2D eigenvalue weighted by Gasteiger charge is 2.20. The van der Waals surface area contributed by atoms with Crippen LogP contribution in [-0.2, 0) is 4.74 Å². The molecule has 1 saturated heterocycles. The quantitative estimate of drug-likeness (QED) is 0.818. The third kappa shape index (κ3) is 3.01. The molecule has 18 heavy (non-hydrogen) atoms. The fourth-order valence-electron chi connectivity index (χ4n) is 2.15. The van der Waals surface area contributed by atoms with E-state index in [0.29, 0.717) is 17.9 Å². The first-order valence-electron chi connectivity index (χ1n) is 6.22. The predicted octanol–water partition coefficient (Wildman–Crippen LogP) is 1.95. The van der Waals surface area contributed by atoms with E-state index in [2.05, 4.69) is 0 Å². The smallest absolute Gasteiger partial charge is 0.253 e. The minimum atomic E-state index is 0.00407. The van der Waals surface area contributed by atoms with Crippen LogP contribution in [0.4, 0.5) is 0 Å². The molecule has 0 N–H and O–H groups in total. The van der Waals surface area contributed by atoms with Gasteiger partial charge in [0.15, 0.2) is 0 Å². The Bertz CT molecular complexity index is 413. The van der Waals surface area contributed by atoms with Crippen molar-refractivity contribution >= 4 is 5.91 Å². The Morgan fingerprint density at radius 2 is 2.39 bits per heavy atom. The second kappa shape index (κ2) is 5.87.